The van der Waals surface area contributed by atoms with Crippen LogP contribution >= 0.6 is 11.6 Å². The molecule has 1 aliphatic rings. The highest BCUT2D eigenvalue weighted by atomic mass is 35.5. The van der Waals surface area contributed by atoms with Crippen LogP contribution < -0.4 is 10.1 Å². The van der Waals surface area contributed by atoms with E-state index in [-0.39, 0.29) is 33.5 Å². The van der Waals surface area contributed by atoms with Gasteiger partial charge in [-0.25, -0.2) is 8.42 Å². The molecule has 1 amide bonds. The number of nitrogens with zero attached hydrogens (tertiary/aromatic N) is 2. The van der Waals surface area contributed by atoms with Gasteiger partial charge in [0.25, 0.3) is 11.6 Å². The molecule has 0 aromatic heterocycles. The van der Waals surface area contributed by atoms with Crippen LogP contribution in [0.15, 0.2) is 41.3 Å². The van der Waals surface area contributed by atoms with E-state index in [0.29, 0.717) is 13.1 Å². The molecule has 0 bridgehead atoms. The summed E-state index contributed by atoms with van der Waals surface area (Å²) in [6.07, 6.45) is 1.57. The largest absolute Gasteiger partial charge is 0.492 e. The lowest BCUT2D eigenvalue weighted by Gasteiger charge is -2.19. The monoisotopic (exact) mass is 453 g/mol. The van der Waals surface area contributed by atoms with E-state index >= 15 is 0 Å². The van der Waals surface area contributed by atoms with Crippen LogP contribution in [0.25, 0.3) is 0 Å². The van der Waals surface area contributed by atoms with Gasteiger partial charge in [-0.3, -0.25) is 14.9 Å². The molecule has 11 heteroatoms. The molecule has 160 valence electrons. The summed E-state index contributed by atoms with van der Waals surface area (Å²) in [6, 6.07) is 7.99. The molecular formula is C19H20ClN3O6S. The molecule has 0 spiro atoms. The molecule has 1 heterocycles. The van der Waals surface area contributed by atoms with Gasteiger partial charge in [0, 0.05) is 30.4 Å². The summed E-state index contributed by atoms with van der Waals surface area (Å²) in [5.74, 6) is -0.437. The Bertz CT molecular complexity index is 1080. The number of benzene rings is 2. The van der Waals surface area contributed by atoms with E-state index in [2.05, 4.69) is 5.32 Å². The third-order valence-corrected chi connectivity index (χ3v) is 6.83. The molecule has 0 unspecified atom stereocenters. The number of rotatable bonds is 7. The maximum absolute atomic E-state index is 13.0. The first kappa shape index (κ1) is 22.0. The fraction of sp³-hybridized carbons (Fsp3) is 0.316. The third kappa shape index (κ3) is 4.55. The zero-order valence-corrected chi connectivity index (χ0v) is 17.7. The van der Waals surface area contributed by atoms with Gasteiger partial charge < -0.3 is 10.1 Å². The lowest BCUT2D eigenvalue weighted by Crippen LogP contribution is -2.28. The van der Waals surface area contributed by atoms with Gasteiger partial charge in [0.1, 0.15) is 15.7 Å². The minimum atomic E-state index is -3.79. The number of hydrogen-bond acceptors (Lipinski definition) is 6. The molecule has 3 rings (SSSR count). The number of amides is 1. The molecule has 2 aromatic carbocycles. The van der Waals surface area contributed by atoms with Crippen LogP contribution in [0.3, 0.4) is 0 Å². The Morgan fingerprint density at radius 3 is 2.57 bits per heavy atom. The SMILES string of the molecule is CCOc1ccc(NC(=O)c2ccc(Cl)c([N+](=O)[O-])c2)cc1S(=O)(=O)N1CCCC1. The van der Waals surface area contributed by atoms with Gasteiger partial charge in [-0.15, -0.1) is 0 Å². The Balaban J connectivity index is 1.93. The van der Waals surface area contributed by atoms with Crippen molar-refractivity contribution in [2.45, 2.75) is 24.7 Å². The Hall–Kier alpha value is -2.69. The molecule has 1 saturated heterocycles. The average molecular weight is 454 g/mol. The molecular weight excluding hydrogens is 434 g/mol. The van der Waals surface area contributed by atoms with Crippen LogP contribution in [-0.2, 0) is 10.0 Å². The number of carbonyl (C=O) groups excluding carboxylic acids is 1. The quantitative estimate of drug-likeness (QED) is 0.504. The average Bonchev–Trinajstić information content (AvgIpc) is 3.25. The summed E-state index contributed by atoms with van der Waals surface area (Å²) in [4.78, 5) is 22.9. The minimum absolute atomic E-state index is 0.0175. The Labute approximate surface area is 178 Å². The van der Waals surface area contributed by atoms with E-state index in [1.807, 2.05) is 0 Å². The van der Waals surface area contributed by atoms with Crippen LogP contribution in [0.4, 0.5) is 11.4 Å². The second kappa shape index (κ2) is 8.99. The molecule has 0 radical (unpaired) electrons. The maximum atomic E-state index is 13.0. The summed E-state index contributed by atoms with van der Waals surface area (Å²) >= 11 is 5.78. The fourth-order valence-corrected chi connectivity index (χ4v) is 4.99. The van der Waals surface area contributed by atoms with Crippen LogP contribution in [0, 0.1) is 10.1 Å². The zero-order chi connectivity index (χ0) is 21.9. The second-order valence-electron chi connectivity index (χ2n) is 6.58. The number of halogens is 1. The summed E-state index contributed by atoms with van der Waals surface area (Å²) in [6.45, 7) is 2.88. The number of nitro benzene ring substituents is 1. The van der Waals surface area contributed by atoms with Crippen molar-refractivity contribution in [2.24, 2.45) is 0 Å². The summed E-state index contributed by atoms with van der Waals surface area (Å²) in [5.41, 5.74) is -0.156. The Morgan fingerprint density at radius 2 is 1.93 bits per heavy atom. The second-order valence-corrected chi connectivity index (χ2v) is 8.90. The highest BCUT2D eigenvalue weighted by Crippen LogP contribution is 2.32. The fourth-order valence-electron chi connectivity index (χ4n) is 3.13. The first-order valence-corrected chi connectivity index (χ1v) is 11.1. The van der Waals surface area contributed by atoms with Gasteiger partial charge in [-0.2, -0.15) is 4.31 Å². The standard InChI is InChI=1S/C19H20ClN3O6S/c1-2-29-17-8-6-14(12-18(17)30(27,28)22-9-3-4-10-22)21-19(24)13-5-7-15(20)16(11-13)23(25)26/h5-8,11-12H,2-4,9-10H2,1H3,(H,21,24). The van der Waals surface area contributed by atoms with Crippen molar-refractivity contribution >= 4 is 38.9 Å². The Morgan fingerprint density at radius 1 is 1.23 bits per heavy atom. The molecule has 30 heavy (non-hydrogen) atoms. The van der Waals surface area contributed by atoms with Crippen molar-refractivity contribution in [3.63, 3.8) is 0 Å². The van der Waals surface area contributed by atoms with E-state index in [1.54, 1.807) is 6.92 Å². The molecule has 0 saturated carbocycles. The molecule has 2 aromatic rings. The molecule has 1 aliphatic heterocycles. The van der Waals surface area contributed by atoms with Gasteiger partial charge in [0.05, 0.1) is 11.5 Å². The smallest absolute Gasteiger partial charge is 0.288 e. The molecule has 1 fully saturated rings. The predicted molar refractivity (Wildman–Crippen MR) is 112 cm³/mol. The third-order valence-electron chi connectivity index (χ3n) is 4.59. The lowest BCUT2D eigenvalue weighted by atomic mass is 10.2. The lowest BCUT2D eigenvalue weighted by molar-refractivity contribution is -0.384. The van der Waals surface area contributed by atoms with Crippen molar-refractivity contribution in [3.8, 4) is 5.75 Å². The van der Waals surface area contributed by atoms with Crippen LogP contribution in [0.2, 0.25) is 5.02 Å². The highest BCUT2D eigenvalue weighted by Gasteiger charge is 2.30. The zero-order valence-electron chi connectivity index (χ0n) is 16.1. The summed E-state index contributed by atoms with van der Waals surface area (Å²) < 4.78 is 32.9. The molecule has 1 N–H and O–H groups in total. The molecule has 0 atom stereocenters. The van der Waals surface area contributed by atoms with Crippen molar-refractivity contribution in [3.05, 3.63) is 57.1 Å². The van der Waals surface area contributed by atoms with Gasteiger partial charge in [-0.1, -0.05) is 11.6 Å². The normalized spacial score (nSPS) is 14.5. The number of nitro groups is 1. The highest BCUT2D eigenvalue weighted by molar-refractivity contribution is 7.89. The topological polar surface area (TPSA) is 119 Å². The summed E-state index contributed by atoms with van der Waals surface area (Å²) in [7, 11) is -3.79. The van der Waals surface area contributed by atoms with Crippen LogP contribution in [0.5, 0.6) is 5.75 Å². The van der Waals surface area contributed by atoms with Gasteiger partial charge in [0.15, 0.2) is 0 Å². The maximum Gasteiger partial charge on any atom is 0.288 e. The molecule has 9 nitrogen and oxygen atoms in total. The first-order valence-electron chi connectivity index (χ1n) is 9.26. The van der Waals surface area contributed by atoms with Crippen molar-refractivity contribution in [2.75, 3.05) is 25.0 Å². The van der Waals surface area contributed by atoms with Crippen molar-refractivity contribution in [1.29, 1.82) is 0 Å². The number of sulfonamides is 1. The van der Waals surface area contributed by atoms with E-state index in [4.69, 9.17) is 16.3 Å². The van der Waals surface area contributed by atoms with Crippen molar-refractivity contribution < 1.29 is 22.9 Å². The number of carbonyl (C=O) groups is 1. The first-order chi connectivity index (χ1) is 14.2. The van der Waals surface area contributed by atoms with Crippen LogP contribution in [-0.4, -0.2) is 43.2 Å². The number of nitrogens with one attached hydrogen (secondary N) is 1. The van der Waals surface area contributed by atoms with Crippen LogP contribution in [0.1, 0.15) is 30.1 Å². The Kier molecular flexibility index (Phi) is 6.59. The minimum Gasteiger partial charge on any atom is -0.492 e. The number of hydrogen-bond donors (Lipinski definition) is 1. The van der Waals surface area contributed by atoms with Gasteiger partial charge in [-0.05, 0) is 50.1 Å². The van der Waals surface area contributed by atoms with E-state index in [9.17, 15) is 23.3 Å². The van der Waals surface area contributed by atoms with Gasteiger partial charge in [0.2, 0.25) is 10.0 Å². The van der Waals surface area contributed by atoms with Gasteiger partial charge >= 0.3 is 0 Å². The van der Waals surface area contributed by atoms with Crippen molar-refractivity contribution in [1.82, 2.24) is 4.31 Å². The predicted octanol–water partition coefficient (Wildman–Crippen LogP) is 3.68. The number of ether oxygens (including phenoxy) is 1. The number of anilines is 1. The van der Waals surface area contributed by atoms with E-state index < -0.39 is 26.5 Å². The molecule has 0 aliphatic carbocycles. The van der Waals surface area contributed by atoms with E-state index in [1.165, 1.54) is 34.6 Å². The summed E-state index contributed by atoms with van der Waals surface area (Å²) in [5, 5.41) is 13.5. The van der Waals surface area contributed by atoms with E-state index in [0.717, 1.165) is 18.9 Å².